The fourth-order valence-electron chi connectivity index (χ4n) is 3.25. The van der Waals surface area contributed by atoms with E-state index < -0.39 is 8.72 Å². The topological polar surface area (TPSA) is 21.7 Å². The third-order valence-corrected chi connectivity index (χ3v) is 8.11. The van der Waals surface area contributed by atoms with Crippen LogP contribution in [0.2, 0.25) is 5.54 Å². The van der Waals surface area contributed by atoms with Gasteiger partial charge < -0.3 is 8.85 Å². The van der Waals surface area contributed by atoms with Gasteiger partial charge in [0.15, 0.2) is 0 Å². The highest BCUT2D eigenvalue weighted by atomic mass is 28.4. The van der Waals surface area contributed by atoms with Gasteiger partial charge in [-0.1, -0.05) is 12.8 Å². The molecule has 4 heteroatoms. The van der Waals surface area contributed by atoms with E-state index in [-0.39, 0.29) is 0 Å². The van der Waals surface area contributed by atoms with Gasteiger partial charge >= 0.3 is 8.72 Å². The summed E-state index contributed by atoms with van der Waals surface area (Å²) in [6.07, 6.45) is 7.97. The molecule has 0 radical (unpaired) electrons. The van der Waals surface area contributed by atoms with Gasteiger partial charge in [-0.05, 0) is 38.8 Å². The minimum Gasteiger partial charge on any atom is -0.386 e. The molecule has 0 spiro atoms. The quantitative estimate of drug-likeness (QED) is 0.690. The van der Waals surface area contributed by atoms with Crippen molar-refractivity contribution in [2.45, 2.75) is 44.1 Å². The summed E-state index contributed by atoms with van der Waals surface area (Å²) in [6.45, 7) is 2.37. The Morgan fingerprint density at radius 1 is 0.933 bits per heavy atom. The molecule has 2 fully saturated rings. The highest BCUT2D eigenvalue weighted by Gasteiger charge is 2.52. The van der Waals surface area contributed by atoms with Crippen LogP contribution < -0.4 is 0 Å². The van der Waals surface area contributed by atoms with Gasteiger partial charge in [-0.2, -0.15) is 0 Å². The predicted molar refractivity (Wildman–Crippen MR) is 62.8 cm³/mol. The van der Waals surface area contributed by atoms with E-state index in [9.17, 15) is 0 Å². The molecular weight excluding hydrogens is 206 g/mol. The minimum atomic E-state index is -2.04. The fraction of sp³-hybridized carbons (Fsp3) is 1.00. The first-order chi connectivity index (χ1) is 7.33. The Kier molecular flexibility index (Phi) is 3.82. The Bertz CT molecular complexity index is 179. The van der Waals surface area contributed by atoms with Crippen LogP contribution in [-0.2, 0) is 8.85 Å². The lowest BCUT2D eigenvalue weighted by Gasteiger charge is -2.39. The van der Waals surface area contributed by atoms with Crippen molar-refractivity contribution in [3.63, 3.8) is 0 Å². The molecule has 1 aliphatic heterocycles. The van der Waals surface area contributed by atoms with Crippen molar-refractivity contribution in [1.29, 1.82) is 0 Å². The zero-order valence-corrected chi connectivity index (χ0v) is 11.0. The van der Waals surface area contributed by atoms with Crippen molar-refractivity contribution >= 4 is 8.72 Å². The maximum absolute atomic E-state index is 5.90. The lowest BCUT2D eigenvalue weighted by Crippen LogP contribution is -2.59. The van der Waals surface area contributed by atoms with Gasteiger partial charge in [0, 0.05) is 19.8 Å². The molecule has 1 saturated heterocycles. The lowest BCUT2D eigenvalue weighted by atomic mass is 10.4. The maximum atomic E-state index is 5.90. The SMILES string of the molecule is CO[Si](OC)(C1CCCC1)N1CCCC1. The summed E-state index contributed by atoms with van der Waals surface area (Å²) < 4.78 is 14.3. The van der Waals surface area contributed by atoms with Crippen LogP contribution in [-0.4, -0.2) is 40.6 Å². The first kappa shape index (κ1) is 11.6. The molecule has 1 heterocycles. The van der Waals surface area contributed by atoms with Crippen LogP contribution in [0.1, 0.15) is 38.5 Å². The predicted octanol–water partition coefficient (Wildman–Crippen LogP) is 2.26. The van der Waals surface area contributed by atoms with Crippen molar-refractivity contribution < 1.29 is 8.85 Å². The Hall–Kier alpha value is 0.0969. The second-order valence-electron chi connectivity index (χ2n) is 4.71. The number of rotatable bonds is 4. The molecule has 2 aliphatic rings. The van der Waals surface area contributed by atoms with Crippen LogP contribution in [0.3, 0.4) is 0 Å². The van der Waals surface area contributed by atoms with E-state index in [4.69, 9.17) is 8.85 Å². The first-order valence-electron chi connectivity index (χ1n) is 6.19. The summed E-state index contributed by atoms with van der Waals surface area (Å²) in [5.74, 6) is 0. The van der Waals surface area contributed by atoms with Crippen LogP contribution in [0.25, 0.3) is 0 Å². The fourth-order valence-corrected chi connectivity index (χ4v) is 7.20. The van der Waals surface area contributed by atoms with Gasteiger partial charge in [-0.15, -0.1) is 0 Å². The van der Waals surface area contributed by atoms with E-state index in [1.807, 2.05) is 14.2 Å². The second-order valence-corrected chi connectivity index (χ2v) is 8.24. The van der Waals surface area contributed by atoms with Crippen molar-refractivity contribution in [3.05, 3.63) is 0 Å². The minimum absolute atomic E-state index is 0.700. The lowest BCUT2D eigenvalue weighted by molar-refractivity contribution is 0.161. The molecule has 0 aromatic carbocycles. The van der Waals surface area contributed by atoms with Crippen molar-refractivity contribution in [2.75, 3.05) is 27.3 Å². The number of hydrogen-bond acceptors (Lipinski definition) is 3. The summed E-state index contributed by atoms with van der Waals surface area (Å²) in [5.41, 5.74) is 0.700. The third kappa shape index (κ3) is 2.00. The van der Waals surface area contributed by atoms with Crippen LogP contribution in [0.4, 0.5) is 0 Å². The monoisotopic (exact) mass is 229 g/mol. The highest BCUT2D eigenvalue weighted by Crippen LogP contribution is 2.41. The van der Waals surface area contributed by atoms with Crippen molar-refractivity contribution in [1.82, 2.24) is 4.57 Å². The van der Waals surface area contributed by atoms with E-state index in [2.05, 4.69) is 4.57 Å². The first-order valence-corrected chi connectivity index (χ1v) is 8.03. The number of hydrogen-bond donors (Lipinski definition) is 0. The van der Waals surface area contributed by atoms with Crippen LogP contribution in [0.5, 0.6) is 0 Å². The Labute approximate surface area is 94.1 Å². The standard InChI is InChI=1S/C11H23NO2Si/c1-13-15(14-2,11-7-3-4-8-11)12-9-5-6-10-12/h11H,3-10H2,1-2H3. The van der Waals surface area contributed by atoms with E-state index in [0.29, 0.717) is 5.54 Å². The van der Waals surface area contributed by atoms with Crippen LogP contribution in [0, 0.1) is 0 Å². The molecule has 3 nitrogen and oxygen atoms in total. The Balaban J connectivity index is 2.13. The molecule has 2 rings (SSSR count). The zero-order valence-electron chi connectivity index (χ0n) is 10.00. The molecule has 1 aliphatic carbocycles. The largest absolute Gasteiger partial charge is 0.430 e. The van der Waals surface area contributed by atoms with E-state index in [1.165, 1.54) is 51.6 Å². The molecule has 0 atom stereocenters. The summed E-state index contributed by atoms with van der Waals surface area (Å²) in [4.78, 5) is 0. The molecule has 1 saturated carbocycles. The molecule has 88 valence electrons. The van der Waals surface area contributed by atoms with E-state index >= 15 is 0 Å². The summed E-state index contributed by atoms with van der Waals surface area (Å²) in [6, 6.07) is 0. The van der Waals surface area contributed by atoms with Gasteiger partial charge in [0.1, 0.15) is 0 Å². The van der Waals surface area contributed by atoms with E-state index in [0.717, 1.165) is 0 Å². The smallest absolute Gasteiger partial charge is 0.386 e. The highest BCUT2D eigenvalue weighted by molar-refractivity contribution is 6.66. The maximum Gasteiger partial charge on any atom is 0.430 e. The molecule has 0 bridgehead atoms. The van der Waals surface area contributed by atoms with Crippen LogP contribution in [0.15, 0.2) is 0 Å². The Morgan fingerprint density at radius 3 is 1.93 bits per heavy atom. The molecule has 0 N–H and O–H groups in total. The summed E-state index contributed by atoms with van der Waals surface area (Å²) >= 11 is 0. The second kappa shape index (κ2) is 4.95. The van der Waals surface area contributed by atoms with Crippen LogP contribution >= 0.6 is 0 Å². The molecule has 15 heavy (non-hydrogen) atoms. The van der Waals surface area contributed by atoms with Gasteiger partial charge in [0.25, 0.3) is 0 Å². The van der Waals surface area contributed by atoms with Gasteiger partial charge in [-0.25, -0.2) is 0 Å². The Morgan fingerprint density at radius 2 is 1.47 bits per heavy atom. The summed E-state index contributed by atoms with van der Waals surface area (Å²) in [7, 11) is 1.66. The molecule has 0 amide bonds. The van der Waals surface area contributed by atoms with Crippen molar-refractivity contribution in [3.8, 4) is 0 Å². The van der Waals surface area contributed by atoms with Gasteiger partial charge in [-0.3, -0.25) is 4.57 Å². The average Bonchev–Trinajstić information content (AvgIpc) is 2.92. The van der Waals surface area contributed by atoms with Crippen molar-refractivity contribution in [2.24, 2.45) is 0 Å². The van der Waals surface area contributed by atoms with Gasteiger partial charge in [0.05, 0.1) is 0 Å². The molecular formula is C11H23NO2Si. The summed E-state index contributed by atoms with van der Waals surface area (Å²) in [5, 5.41) is 0. The van der Waals surface area contributed by atoms with E-state index in [1.54, 1.807) is 0 Å². The molecule has 0 unspecified atom stereocenters. The average molecular weight is 229 g/mol. The molecule has 0 aromatic heterocycles. The van der Waals surface area contributed by atoms with Gasteiger partial charge in [0.2, 0.25) is 0 Å². The number of nitrogens with zero attached hydrogens (tertiary/aromatic N) is 1. The molecule has 0 aromatic rings. The normalized spacial score (nSPS) is 25.2. The third-order valence-electron chi connectivity index (χ3n) is 4.00. The zero-order chi connectivity index (χ0) is 10.7.